The molecule has 0 bridgehead atoms. The van der Waals surface area contributed by atoms with Crippen LogP contribution in [0.25, 0.3) is 0 Å². The fourth-order valence-corrected chi connectivity index (χ4v) is 3.00. The average Bonchev–Trinajstić information content (AvgIpc) is 2.46. The maximum atomic E-state index is 12.1. The third kappa shape index (κ3) is 6.87. The maximum absolute atomic E-state index is 12.1. The Kier molecular flexibility index (Phi) is 9.38. The fourth-order valence-electron chi connectivity index (χ4n) is 1.98. The summed E-state index contributed by atoms with van der Waals surface area (Å²) in [6.07, 6.45) is 1.46. The molecular formula is C15H26ClN3O3S. The first-order valence-corrected chi connectivity index (χ1v) is 8.83. The van der Waals surface area contributed by atoms with Crippen LogP contribution in [0.3, 0.4) is 0 Å². The van der Waals surface area contributed by atoms with Gasteiger partial charge in [0.15, 0.2) is 0 Å². The summed E-state index contributed by atoms with van der Waals surface area (Å²) in [4.78, 5) is 13.6. The molecule has 0 aliphatic heterocycles. The monoisotopic (exact) mass is 363 g/mol. The molecule has 1 amide bonds. The van der Waals surface area contributed by atoms with Gasteiger partial charge in [0.05, 0.1) is 10.9 Å². The summed E-state index contributed by atoms with van der Waals surface area (Å²) in [5.41, 5.74) is 6.76. The number of aryl methyl sites for hydroxylation is 1. The predicted molar refractivity (Wildman–Crippen MR) is 94.1 cm³/mol. The van der Waals surface area contributed by atoms with Gasteiger partial charge in [-0.15, -0.1) is 12.4 Å². The molecule has 0 fully saturated rings. The van der Waals surface area contributed by atoms with Crippen LogP contribution < -0.4 is 10.5 Å². The number of halogens is 1. The van der Waals surface area contributed by atoms with Gasteiger partial charge in [0, 0.05) is 20.1 Å². The first kappa shape index (κ1) is 21.9. The molecule has 0 aromatic heterocycles. The average molecular weight is 364 g/mol. The van der Waals surface area contributed by atoms with Gasteiger partial charge < -0.3 is 10.6 Å². The molecule has 1 rings (SSSR count). The number of benzene rings is 1. The number of sulfonamides is 1. The molecule has 0 radical (unpaired) electrons. The largest absolute Gasteiger partial charge is 0.343 e. The van der Waals surface area contributed by atoms with Crippen molar-refractivity contribution in [2.75, 3.05) is 20.1 Å². The van der Waals surface area contributed by atoms with Crippen LogP contribution in [0.5, 0.6) is 0 Å². The summed E-state index contributed by atoms with van der Waals surface area (Å²) in [6.45, 7) is 4.28. The Balaban J connectivity index is 0.00000484. The zero-order chi connectivity index (χ0) is 16.8. The van der Waals surface area contributed by atoms with E-state index in [1.165, 1.54) is 4.90 Å². The van der Waals surface area contributed by atoms with E-state index in [1.807, 2.05) is 13.8 Å². The third-order valence-electron chi connectivity index (χ3n) is 3.36. The Morgan fingerprint density at radius 1 is 1.30 bits per heavy atom. The van der Waals surface area contributed by atoms with Crippen molar-refractivity contribution in [1.29, 1.82) is 0 Å². The topological polar surface area (TPSA) is 92.5 Å². The van der Waals surface area contributed by atoms with E-state index >= 15 is 0 Å². The van der Waals surface area contributed by atoms with Crippen LogP contribution >= 0.6 is 12.4 Å². The quantitative estimate of drug-likeness (QED) is 0.727. The number of carbonyl (C=O) groups excluding carboxylic acids is 1. The molecular weight excluding hydrogens is 338 g/mol. The Hall–Kier alpha value is -1.15. The van der Waals surface area contributed by atoms with E-state index in [0.717, 1.165) is 12.0 Å². The molecule has 6 nitrogen and oxygen atoms in total. The molecule has 23 heavy (non-hydrogen) atoms. The second kappa shape index (κ2) is 9.87. The van der Waals surface area contributed by atoms with Crippen LogP contribution in [0.15, 0.2) is 29.2 Å². The number of hydrogen-bond donors (Lipinski definition) is 2. The molecule has 1 aromatic carbocycles. The van der Waals surface area contributed by atoms with Crippen LogP contribution in [-0.4, -0.2) is 45.4 Å². The van der Waals surface area contributed by atoms with Crippen molar-refractivity contribution >= 4 is 28.3 Å². The lowest BCUT2D eigenvalue weighted by molar-refractivity contribution is -0.131. The highest BCUT2D eigenvalue weighted by molar-refractivity contribution is 7.89. The van der Waals surface area contributed by atoms with E-state index < -0.39 is 16.1 Å². The number of amides is 1. The van der Waals surface area contributed by atoms with Crippen LogP contribution in [0.4, 0.5) is 0 Å². The highest BCUT2D eigenvalue weighted by Crippen LogP contribution is 2.09. The Bertz CT molecular complexity index is 590. The number of nitrogens with zero attached hydrogens (tertiary/aromatic N) is 1. The van der Waals surface area contributed by atoms with Crippen molar-refractivity contribution in [3.05, 3.63) is 29.8 Å². The number of carbonyl (C=O) groups is 1. The second-order valence-corrected chi connectivity index (χ2v) is 7.13. The SMILES string of the molecule is CCCC(N)C(=O)N(C)CCNS(=O)(=O)c1ccc(C)cc1.Cl. The van der Waals surface area contributed by atoms with Gasteiger partial charge in [-0.1, -0.05) is 31.0 Å². The van der Waals surface area contributed by atoms with Gasteiger partial charge in [0.2, 0.25) is 15.9 Å². The molecule has 0 heterocycles. The van der Waals surface area contributed by atoms with Gasteiger partial charge >= 0.3 is 0 Å². The fraction of sp³-hybridized carbons (Fsp3) is 0.533. The summed E-state index contributed by atoms with van der Waals surface area (Å²) >= 11 is 0. The van der Waals surface area contributed by atoms with Gasteiger partial charge in [-0.25, -0.2) is 13.1 Å². The van der Waals surface area contributed by atoms with Crippen molar-refractivity contribution in [3.63, 3.8) is 0 Å². The van der Waals surface area contributed by atoms with Crippen LogP contribution in [0.2, 0.25) is 0 Å². The molecule has 1 atom stereocenters. The van der Waals surface area contributed by atoms with E-state index in [0.29, 0.717) is 6.42 Å². The minimum absolute atomic E-state index is 0. The zero-order valence-electron chi connectivity index (χ0n) is 13.8. The first-order valence-electron chi connectivity index (χ1n) is 7.35. The Labute approximate surface area is 144 Å². The van der Waals surface area contributed by atoms with Crippen molar-refractivity contribution in [2.45, 2.75) is 37.6 Å². The highest BCUT2D eigenvalue weighted by atomic mass is 35.5. The molecule has 0 aliphatic rings. The molecule has 8 heteroatoms. The smallest absolute Gasteiger partial charge is 0.240 e. The van der Waals surface area contributed by atoms with Gasteiger partial charge in [0.25, 0.3) is 0 Å². The number of rotatable bonds is 8. The molecule has 3 N–H and O–H groups in total. The zero-order valence-corrected chi connectivity index (χ0v) is 15.4. The third-order valence-corrected chi connectivity index (χ3v) is 4.84. The van der Waals surface area contributed by atoms with Gasteiger partial charge in [0.1, 0.15) is 0 Å². The summed E-state index contributed by atoms with van der Waals surface area (Å²) in [6, 6.07) is 6.08. The molecule has 0 spiro atoms. The summed E-state index contributed by atoms with van der Waals surface area (Å²) in [7, 11) is -1.93. The predicted octanol–water partition coefficient (Wildman–Crippen LogP) is 1.28. The van der Waals surface area contributed by atoms with E-state index in [9.17, 15) is 13.2 Å². The lowest BCUT2D eigenvalue weighted by atomic mass is 10.1. The van der Waals surface area contributed by atoms with Crippen LogP contribution in [0.1, 0.15) is 25.3 Å². The number of nitrogens with one attached hydrogen (secondary N) is 1. The van der Waals surface area contributed by atoms with Gasteiger partial charge in [-0.05, 0) is 25.5 Å². The van der Waals surface area contributed by atoms with Crippen molar-refractivity contribution in [3.8, 4) is 0 Å². The molecule has 0 saturated carbocycles. The van der Waals surface area contributed by atoms with Crippen LogP contribution in [-0.2, 0) is 14.8 Å². The van der Waals surface area contributed by atoms with Crippen LogP contribution in [0, 0.1) is 6.92 Å². The number of likely N-dealkylation sites (N-methyl/N-ethyl adjacent to an activating group) is 1. The Morgan fingerprint density at radius 2 is 1.87 bits per heavy atom. The van der Waals surface area contributed by atoms with E-state index in [1.54, 1.807) is 31.3 Å². The maximum Gasteiger partial charge on any atom is 0.240 e. The Morgan fingerprint density at radius 3 is 2.39 bits per heavy atom. The van der Waals surface area contributed by atoms with Crippen molar-refractivity contribution in [1.82, 2.24) is 9.62 Å². The standard InChI is InChI=1S/C15H25N3O3S.ClH/c1-4-5-14(16)15(19)18(3)11-10-17-22(20,21)13-8-6-12(2)7-9-13;/h6-9,14,17H,4-5,10-11,16H2,1-3H3;1H. The second-order valence-electron chi connectivity index (χ2n) is 5.37. The highest BCUT2D eigenvalue weighted by Gasteiger charge is 2.18. The summed E-state index contributed by atoms with van der Waals surface area (Å²) < 4.78 is 26.7. The van der Waals surface area contributed by atoms with Crippen molar-refractivity contribution in [2.24, 2.45) is 5.73 Å². The molecule has 1 unspecified atom stereocenters. The molecule has 132 valence electrons. The first-order chi connectivity index (χ1) is 10.3. The summed E-state index contributed by atoms with van der Waals surface area (Å²) in [5.74, 6) is -0.170. The van der Waals surface area contributed by atoms with E-state index in [-0.39, 0.29) is 36.3 Å². The summed E-state index contributed by atoms with van der Waals surface area (Å²) in [5, 5.41) is 0. The minimum Gasteiger partial charge on any atom is -0.343 e. The minimum atomic E-state index is -3.55. The number of nitrogens with two attached hydrogens (primary N) is 1. The van der Waals surface area contributed by atoms with E-state index in [4.69, 9.17) is 5.73 Å². The molecule has 0 aliphatic carbocycles. The van der Waals surface area contributed by atoms with E-state index in [2.05, 4.69) is 4.72 Å². The molecule has 0 saturated heterocycles. The van der Waals surface area contributed by atoms with Gasteiger partial charge in [-0.2, -0.15) is 0 Å². The van der Waals surface area contributed by atoms with Crippen molar-refractivity contribution < 1.29 is 13.2 Å². The van der Waals surface area contributed by atoms with Gasteiger partial charge in [-0.3, -0.25) is 4.79 Å². The molecule has 1 aromatic rings. The normalized spacial score (nSPS) is 12.3. The number of hydrogen-bond acceptors (Lipinski definition) is 4. The lowest BCUT2D eigenvalue weighted by Crippen LogP contribution is -2.44. The lowest BCUT2D eigenvalue weighted by Gasteiger charge is -2.21.